The van der Waals surface area contributed by atoms with Crippen molar-refractivity contribution in [1.82, 2.24) is 0 Å². The van der Waals surface area contributed by atoms with Gasteiger partial charge in [-0.3, -0.25) is 0 Å². The highest BCUT2D eigenvalue weighted by Crippen LogP contribution is 1.91. The lowest BCUT2D eigenvalue weighted by Crippen LogP contribution is -1.88. The molecule has 0 heterocycles. The summed E-state index contributed by atoms with van der Waals surface area (Å²) in [7, 11) is 1.63. The van der Waals surface area contributed by atoms with Crippen LogP contribution in [-0.4, -0.2) is 7.48 Å². The van der Waals surface area contributed by atoms with Gasteiger partial charge in [-0.1, -0.05) is 19.5 Å². The van der Waals surface area contributed by atoms with Crippen molar-refractivity contribution in [3.8, 4) is 0 Å². The van der Waals surface area contributed by atoms with Crippen molar-refractivity contribution in [2.24, 2.45) is 0 Å². The van der Waals surface area contributed by atoms with Crippen molar-refractivity contribution in [3.63, 3.8) is 0 Å². The van der Waals surface area contributed by atoms with Crippen LogP contribution in [0.4, 0.5) is 0 Å². The van der Waals surface area contributed by atoms with E-state index in [1.807, 2.05) is 13.7 Å². The van der Waals surface area contributed by atoms with Crippen LogP contribution in [0.25, 0.3) is 0 Å². The van der Waals surface area contributed by atoms with E-state index in [-0.39, 0.29) is 0 Å². The van der Waals surface area contributed by atoms with Crippen LogP contribution < -0.4 is 0 Å². The lowest BCUT2D eigenvalue weighted by atomic mass is 10.1. The van der Waals surface area contributed by atoms with Crippen molar-refractivity contribution in [2.75, 3.05) is 0 Å². The number of hydrogen-bond acceptors (Lipinski definition) is 1. The van der Waals surface area contributed by atoms with Gasteiger partial charge in [0.25, 0.3) is 0 Å². The van der Waals surface area contributed by atoms with Crippen molar-refractivity contribution in [3.05, 3.63) is 24.5 Å². The maximum Gasteiger partial charge on any atom is 0.366 e. The minimum atomic E-state index is 0.863. The molecule has 0 saturated heterocycles. The molecule has 0 saturated carbocycles. The van der Waals surface area contributed by atoms with E-state index in [1.165, 1.54) is 0 Å². The second-order valence-electron chi connectivity index (χ2n) is 1.37. The van der Waals surface area contributed by atoms with E-state index in [4.69, 9.17) is 4.65 Å². The largest absolute Gasteiger partial charge is 0.567 e. The molecule has 8 heavy (non-hydrogen) atoms. The molecule has 2 heteroatoms. The SMILES string of the molecule is C=CC=C(C)O[B]C. The summed E-state index contributed by atoms with van der Waals surface area (Å²) in [5.74, 6) is 0.863. The topological polar surface area (TPSA) is 9.23 Å². The van der Waals surface area contributed by atoms with Crippen molar-refractivity contribution >= 4 is 7.48 Å². The normalized spacial score (nSPS) is 10.5. The Labute approximate surface area is 51.3 Å². The first-order valence-corrected chi connectivity index (χ1v) is 2.55. The van der Waals surface area contributed by atoms with Gasteiger partial charge in [-0.25, -0.2) is 0 Å². The average Bonchev–Trinajstić information content (AvgIpc) is 1.68. The standard InChI is InChI=1S/C6H10BO/c1-4-5-6(2)8-7-3/h4-5H,1H2,2-3H3. The van der Waals surface area contributed by atoms with Gasteiger partial charge in [-0.15, -0.1) is 0 Å². The summed E-state index contributed by atoms with van der Waals surface area (Å²) in [5.41, 5.74) is 0. The van der Waals surface area contributed by atoms with Crippen molar-refractivity contribution in [2.45, 2.75) is 13.7 Å². The van der Waals surface area contributed by atoms with Gasteiger partial charge in [0.15, 0.2) is 0 Å². The summed E-state index contributed by atoms with van der Waals surface area (Å²) in [5, 5.41) is 0. The fourth-order valence-electron chi connectivity index (χ4n) is 0.391. The predicted molar refractivity (Wildman–Crippen MR) is 36.7 cm³/mol. The van der Waals surface area contributed by atoms with Crippen LogP contribution in [0, 0.1) is 0 Å². The maximum absolute atomic E-state index is 4.95. The van der Waals surface area contributed by atoms with E-state index >= 15 is 0 Å². The fraction of sp³-hybridized carbons (Fsp3) is 0.333. The van der Waals surface area contributed by atoms with Gasteiger partial charge in [0, 0.05) is 0 Å². The molecule has 0 aliphatic heterocycles. The number of hydrogen-bond donors (Lipinski definition) is 0. The molecular formula is C6H10BO. The van der Waals surface area contributed by atoms with E-state index in [9.17, 15) is 0 Å². The lowest BCUT2D eigenvalue weighted by Gasteiger charge is -1.97. The molecule has 0 aromatic rings. The minimum absolute atomic E-state index is 0.863. The molecule has 0 aliphatic carbocycles. The Kier molecular flexibility index (Phi) is 4.13. The highest BCUT2D eigenvalue weighted by atomic mass is 16.4. The molecule has 0 bridgehead atoms. The van der Waals surface area contributed by atoms with Crippen LogP contribution in [0.15, 0.2) is 24.5 Å². The Morgan fingerprint density at radius 3 is 2.75 bits per heavy atom. The smallest absolute Gasteiger partial charge is 0.366 e. The van der Waals surface area contributed by atoms with Crippen molar-refractivity contribution < 1.29 is 4.65 Å². The zero-order chi connectivity index (χ0) is 6.41. The van der Waals surface area contributed by atoms with Gasteiger partial charge < -0.3 is 4.65 Å². The Balaban J connectivity index is 3.44. The highest BCUT2D eigenvalue weighted by Gasteiger charge is 1.82. The Morgan fingerprint density at radius 2 is 2.38 bits per heavy atom. The quantitative estimate of drug-likeness (QED) is 0.304. The van der Waals surface area contributed by atoms with Crippen LogP contribution in [-0.2, 0) is 4.65 Å². The van der Waals surface area contributed by atoms with Gasteiger partial charge in [0.2, 0.25) is 0 Å². The van der Waals surface area contributed by atoms with E-state index in [0.717, 1.165) is 5.76 Å². The van der Waals surface area contributed by atoms with Crippen LogP contribution >= 0.6 is 0 Å². The predicted octanol–water partition coefficient (Wildman–Crippen LogP) is 1.76. The molecular weight excluding hydrogens is 98.9 g/mol. The Morgan fingerprint density at radius 1 is 1.75 bits per heavy atom. The molecule has 1 radical (unpaired) electrons. The lowest BCUT2D eigenvalue weighted by molar-refractivity contribution is 0.459. The number of allylic oxidation sites excluding steroid dienone is 3. The molecule has 0 aromatic heterocycles. The van der Waals surface area contributed by atoms with Crippen LogP contribution in [0.3, 0.4) is 0 Å². The molecule has 0 unspecified atom stereocenters. The minimum Gasteiger partial charge on any atom is -0.567 e. The molecule has 0 rings (SSSR count). The molecule has 1 nitrogen and oxygen atoms in total. The monoisotopic (exact) mass is 109 g/mol. The Hall–Kier alpha value is -0.655. The highest BCUT2D eigenvalue weighted by molar-refractivity contribution is 6.25. The maximum atomic E-state index is 4.95. The second kappa shape index (κ2) is 4.50. The summed E-state index contributed by atoms with van der Waals surface area (Å²) in [6.07, 6.45) is 3.50. The first kappa shape index (κ1) is 7.34. The summed E-state index contributed by atoms with van der Waals surface area (Å²) in [6, 6.07) is 0. The third kappa shape index (κ3) is 3.53. The average molecular weight is 109 g/mol. The van der Waals surface area contributed by atoms with E-state index in [0.29, 0.717) is 0 Å². The first-order valence-electron chi connectivity index (χ1n) is 2.55. The van der Waals surface area contributed by atoms with E-state index in [1.54, 1.807) is 19.6 Å². The molecule has 0 aromatic carbocycles. The van der Waals surface area contributed by atoms with Gasteiger partial charge in [-0.05, 0) is 13.0 Å². The molecule has 0 atom stereocenters. The fourth-order valence-corrected chi connectivity index (χ4v) is 0.391. The molecule has 0 fully saturated rings. The van der Waals surface area contributed by atoms with Crippen LogP contribution in [0.2, 0.25) is 6.82 Å². The van der Waals surface area contributed by atoms with E-state index < -0.39 is 0 Å². The van der Waals surface area contributed by atoms with Gasteiger partial charge in [0.1, 0.15) is 0 Å². The van der Waals surface area contributed by atoms with Gasteiger partial charge in [0.05, 0.1) is 5.76 Å². The molecule has 43 valence electrons. The summed E-state index contributed by atoms with van der Waals surface area (Å²) < 4.78 is 4.95. The first-order chi connectivity index (χ1) is 3.81. The third-order valence-electron chi connectivity index (χ3n) is 0.656. The second-order valence-corrected chi connectivity index (χ2v) is 1.37. The van der Waals surface area contributed by atoms with Crippen LogP contribution in [0.1, 0.15) is 6.92 Å². The van der Waals surface area contributed by atoms with Crippen LogP contribution in [0.5, 0.6) is 0 Å². The molecule has 0 amide bonds. The Bertz CT molecular complexity index is 96.7. The third-order valence-corrected chi connectivity index (χ3v) is 0.656. The van der Waals surface area contributed by atoms with Gasteiger partial charge >= 0.3 is 7.48 Å². The molecule has 0 N–H and O–H groups in total. The van der Waals surface area contributed by atoms with E-state index in [2.05, 4.69) is 6.58 Å². The summed E-state index contributed by atoms with van der Waals surface area (Å²) in [6.45, 7) is 7.22. The summed E-state index contributed by atoms with van der Waals surface area (Å²) in [4.78, 5) is 0. The molecule has 0 spiro atoms. The molecule has 0 aliphatic rings. The van der Waals surface area contributed by atoms with Crippen molar-refractivity contribution in [1.29, 1.82) is 0 Å². The number of rotatable bonds is 3. The zero-order valence-corrected chi connectivity index (χ0v) is 5.35. The zero-order valence-electron chi connectivity index (χ0n) is 5.35. The van der Waals surface area contributed by atoms with Gasteiger partial charge in [-0.2, -0.15) is 0 Å². The summed E-state index contributed by atoms with van der Waals surface area (Å²) >= 11 is 0.